The predicted molar refractivity (Wildman–Crippen MR) is 159 cm³/mol. The van der Waals surface area contributed by atoms with Crippen LogP contribution in [0.4, 0.5) is 4.79 Å². The molecule has 10 heteroatoms. The fourth-order valence-corrected chi connectivity index (χ4v) is 7.14. The first-order valence-corrected chi connectivity index (χ1v) is 14.9. The van der Waals surface area contributed by atoms with Crippen LogP contribution in [0.5, 0.6) is 0 Å². The van der Waals surface area contributed by atoms with E-state index in [9.17, 15) is 24.3 Å². The lowest BCUT2D eigenvalue weighted by atomic mass is 9.59. The third kappa shape index (κ3) is 4.63. The van der Waals surface area contributed by atoms with Gasteiger partial charge in [-0.2, -0.15) is 0 Å². The molecule has 2 aromatic carbocycles. The highest BCUT2D eigenvalue weighted by atomic mass is 16.6. The van der Waals surface area contributed by atoms with E-state index in [-0.39, 0.29) is 37.2 Å². The number of esters is 2. The van der Waals surface area contributed by atoms with Crippen molar-refractivity contribution >= 4 is 34.8 Å². The molecule has 0 saturated carbocycles. The van der Waals surface area contributed by atoms with E-state index in [4.69, 9.17) is 14.2 Å². The first-order chi connectivity index (χ1) is 21.0. The van der Waals surface area contributed by atoms with Gasteiger partial charge in [-0.05, 0) is 57.2 Å². The maximum Gasteiger partial charge on any atom is 0.419 e. The molecule has 0 bridgehead atoms. The number of aliphatic hydroxyl groups is 1. The number of amides is 1. The highest BCUT2D eigenvalue weighted by molar-refractivity contribution is 6.07. The number of hydrogen-bond donors (Lipinski definition) is 1. The second-order valence-electron chi connectivity index (χ2n) is 12.6. The number of aromatic nitrogens is 1. The lowest BCUT2D eigenvalue weighted by Crippen LogP contribution is -2.62. The quantitative estimate of drug-likeness (QED) is 0.241. The van der Waals surface area contributed by atoms with E-state index >= 15 is 0 Å². The summed E-state index contributed by atoms with van der Waals surface area (Å²) in [5.74, 6) is -3.30. The average Bonchev–Trinajstić information content (AvgIpc) is 3.34. The molecule has 3 atom stereocenters. The van der Waals surface area contributed by atoms with Crippen molar-refractivity contribution in [2.75, 3.05) is 13.7 Å². The number of ether oxygens (including phenoxy) is 3. The number of carbonyl (C=O) groups is 4. The zero-order valence-electron chi connectivity index (χ0n) is 25.3. The number of fused-ring (bicyclic) bond motifs is 6. The Labute approximate surface area is 255 Å². The maximum absolute atomic E-state index is 14.7. The van der Waals surface area contributed by atoms with E-state index in [2.05, 4.69) is 0 Å². The Bertz CT molecular complexity index is 1700. The van der Waals surface area contributed by atoms with Gasteiger partial charge in [-0.1, -0.05) is 48.5 Å². The smallest absolute Gasteiger partial charge is 0.419 e. The van der Waals surface area contributed by atoms with Gasteiger partial charge < -0.3 is 24.2 Å². The van der Waals surface area contributed by atoms with E-state index in [1.807, 2.05) is 54.6 Å². The van der Waals surface area contributed by atoms with Crippen LogP contribution in [0.25, 0.3) is 10.9 Å². The molecule has 2 aliphatic heterocycles. The number of allylic oxidation sites excluding steroid dienone is 1. The standard InChI is InChI=1S/C34H36N2O8/c1-33(2,3)44-32(41)36-24-13-9-8-12-21(24)22-15-17-35-25(28(22)36)18-23-27(29(38)42-4)26(37)14-16-34(23,30(35)39)31(40)43-19-20-10-6-5-7-11-20/h5-13,23,25,37H,14-19H2,1-4H3/t23-,25+,34-/m0/s1. The molecule has 6 rings (SSSR count). The summed E-state index contributed by atoms with van der Waals surface area (Å²) in [5.41, 5.74) is 0.262. The van der Waals surface area contributed by atoms with Crippen molar-refractivity contribution < 1.29 is 38.5 Å². The molecule has 1 amide bonds. The minimum atomic E-state index is -1.75. The number of nitrogens with zero attached hydrogens (tertiary/aromatic N) is 2. The number of aliphatic hydroxyl groups excluding tert-OH is 1. The van der Waals surface area contributed by atoms with Crippen LogP contribution in [-0.4, -0.2) is 57.8 Å². The normalized spacial score (nSPS) is 23.0. The minimum Gasteiger partial charge on any atom is -0.512 e. The summed E-state index contributed by atoms with van der Waals surface area (Å²) in [6.45, 7) is 5.61. The van der Waals surface area contributed by atoms with Crippen molar-refractivity contribution in [2.24, 2.45) is 11.3 Å². The molecular weight excluding hydrogens is 564 g/mol. The number of hydrogen-bond acceptors (Lipinski definition) is 8. The second kappa shape index (κ2) is 10.8. The molecule has 0 radical (unpaired) electrons. The molecule has 1 N–H and O–H groups in total. The molecule has 3 heterocycles. The molecule has 1 saturated heterocycles. The molecule has 0 unspecified atom stereocenters. The Kier molecular flexibility index (Phi) is 7.26. The van der Waals surface area contributed by atoms with Gasteiger partial charge in [0.25, 0.3) is 0 Å². The van der Waals surface area contributed by atoms with Gasteiger partial charge in [0.1, 0.15) is 18.0 Å². The Hall–Kier alpha value is -4.60. The van der Waals surface area contributed by atoms with Crippen molar-refractivity contribution in [3.8, 4) is 0 Å². The molecule has 1 aromatic heterocycles. The topological polar surface area (TPSA) is 124 Å². The molecule has 1 fully saturated rings. The number of methoxy groups -OCH3 is 1. The number of piperidine rings is 1. The van der Waals surface area contributed by atoms with Crippen molar-refractivity contribution in [3.63, 3.8) is 0 Å². The van der Waals surface area contributed by atoms with Gasteiger partial charge >= 0.3 is 18.0 Å². The predicted octanol–water partition coefficient (Wildman–Crippen LogP) is 5.38. The zero-order valence-corrected chi connectivity index (χ0v) is 25.3. The average molecular weight is 601 g/mol. The summed E-state index contributed by atoms with van der Waals surface area (Å²) in [7, 11) is 1.20. The van der Waals surface area contributed by atoms with Gasteiger partial charge in [-0.3, -0.25) is 9.59 Å². The van der Waals surface area contributed by atoms with Crippen LogP contribution in [-0.2, 0) is 41.6 Å². The molecule has 230 valence electrons. The van der Waals surface area contributed by atoms with Crippen molar-refractivity contribution in [1.82, 2.24) is 9.47 Å². The van der Waals surface area contributed by atoms with Gasteiger partial charge in [-0.15, -0.1) is 0 Å². The first kappa shape index (κ1) is 29.5. The van der Waals surface area contributed by atoms with Gasteiger partial charge in [0, 0.05) is 24.3 Å². The SMILES string of the molecule is COC(=O)C1=C(O)CC[C@@]2(C(=O)OCc3ccccc3)C(=O)N3CCc4c(n(C(=O)OC(C)(C)C)c5ccccc45)[C@H]3C[C@@H]12. The van der Waals surface area contributed by atoms with Crippen molar-refractivity contribution in [3.05, 3.63) is 82.8 Å². The Morgan fingerprint density at radius 1 is 1.02 bits per heavy atom. The summed E-state index contributed by atoms with van der Waals surface area (Å²) in [6, 6.07) is 16.0. The summed E-state index contributed by atoms with van der Waals surface area (Å²) < 4.78 is 18.2. The van der Waals surface area contributed by atoms with E-state index in [1.165, 1.54) is 11.7 Å². The van der Waals surface area contributed by atoms with Gasteiger partial charge in [0.15, 0.2) is 5.41 Å². The largest absolute Gasteiger partial charge is 0.512 e. The van der Waals surface area contributed by atoms with Crippen LogP contribution in [0, 0.1) is 11.3 Å². The van der Waals surface area contributed by atoms with E-state index in [0.717, 1.165) is 16.5 Å². The lowest BCUT2D eigenvalue weighted by Gasteiger charge is -2.52. The Morgan fingerprint density at radius 3 is 2.43 bits per heavy atom. The van der Waals surface area contributed by atoms with E-state index < -0.39 is 46.9 Å². The summed E-state index contributed by atoms with van der Waals surface area (Å²) in [6.07, 6.45) is -0.124. The molecule has 3 aliphatic rings. The number of benzene rings is 2. The van der Waals surface area contributed by atoms with Gasteiger partial charge in [0.2, 0.25) is 5.91 Å². The maximum atomic E-state index is 14.7. The number of rotatable bonds is 4. The molecule has 3 aromatic rings. The summed E-state index contributed by atoms with van der Waals surface area (Å²) in [5, 5.41) is 11.9. The van der Waals surface area contributed by atoms with Crippen LogP contribution < -0.4 is 0 Å². The van der Waals surface area contributed by atoms with E-state index in [0.29, 0.717) is 24.2 Å². The molecule has 10 nitrogen and oxygen atoms in total. The highest BCUT2D eigenvalue weighted by Crippen LogP contribution is 2.56. The monoisotopic (exact) mass is 600 g/mol. The zero-order chi connectivity index (χ0) is 31.4. The Morgan fingerprint density at radius 2 is 1.73 bits per heavy atom. The van der Waals surface area contributed by atoms with Crippen LogP contribution >= 0.6 is 0 Å². The van der Waals surface area contributed by atoms with E-state index in [1.54, 1.807) is 25.7 Å². The highest BCUT2D eigenvalue weighted by Gasteiger charge is 2.64. The van der Waals surface area contributed by atoms with Crippen LogP contribution in [0.15, 0.2) is 65.9 Å². The summed E-state index contributed by atoms with van der Waals surface area (Å²) in [4.78, 5) is 57.4. The molecule has 0 spiro atoms. The third-order valence-corrected chi connectivity index (χ3v) is 8.98. The van der Waals surface area contributed by atoms with Crippen LogP contribution in [0.3, 0.4) is 0 Å². The first-order valence-electron chi connectivity index (χ1n) is 14.9. The summed E-state index contributed by atoms with van der Waals surface area (Å²) >= 11 is 0. The van der Waals surface area contributed by atoms with Crippen molar-refractivity contribution in [2.45, 2.75) is 64.7 Å². The van der Waals surface area contributed by atoms with Crippen LogP contribution in [0.2, 0.25) is 0 Å². The van der Waals surface area contributed by atoms with Gasteiger partial charge in [0.05, 0.1) is 29.9 Å². The number of para-hydroxylation sites is 1. The van der Waals surface area contributed by atoms with Gasteiger partial charge in [-0.25, -0.2) is 14.2 Å². The minimum absolute atomic E-state index is 0.0262. The number of carbonyl (C=O) groups excluding carboxylic acids is 4. The second-order valence-corrected chi connectivity index (χ2v) is 12.6. The fourth-order valence-electron chi connectivity index (χ4n) is 7.14. The molecule has 1 aliphatic carbocycles. The molecular formula is C34H36N2O8. The Balaban J connectivity index is 1.49. The van der Waals surface area contributed by atoms with Crippen molar-refractivity contribution in [1.29, 1.82) is 0 Å². The fraction of sp³-hybridized carbons (Fsp3) is 0.412. The molecule has 44 heavy (non-hydrogen) atoms. The third-order valence-electron chi connectivity index (χ3n) is 8.98. The van der Waals surface area contributed by atoms with Crippen LogP contribution in [0.1, 0.15) is 62.9 Å². The lowest BCUT2D eigenvalue weighted by molar-refractivity contribution is -0.179.